The molecular formula is C12H22S. The van der Waals surface area contributed by atoms with Gasteiger partial charge in [0.15, 0.2) is 0 Å². The van der Waals surface area contributed by atoms with Crippen LogP contribution in [0.4, 0.5) is 0 Å². The van der Waals surface area contributed by atoms with Crippen molar-refractivity contribution < 1.29 is 0 Å². The molecule has 2 aliphatic carbocycles. The lowest BCUT2D eigenvalue weighted by atomic mass is 9.64. The molecule has 0 nitrogen and oxygen atoms in total. The predicted octanol–water partition coefficient (Wildman–Crippen LogP) is 4.06. The van der Waals surface area contributed by atoms with Gasteiger partial charge in [0, 0.05) is 4.75 Å². The van der Waals surface area contributed by atoms with E-state index in [2.05, 4.69) is 6.92 Å². The molecule has 0 bridgehead atoms. The summed E-state index contributed by atoms with van der Waals surface area (Å²) in [6.45, 7) is 2.32. The lowest BCUT2D eigenvalue weighted by Crippen LogP contribution is -2.41. The SMILES string of the molecule is CCC1(S)CCCCC1C1CCC1. The molecule has 2 aliphatic rings. The van der Waals surface area contributed by atoms with Crippen molar-refractivity contribution in [3.63, 3.8) is 0 Å². The summed E-state index contributed by atoms with van der Waals surface area (Å²) in [5, 5.41) is 0. The molecule has 2 unspecified atom stereocenters. The summed E-state index contributed by atoms with van der Waals surface area (Å²) in [5.41, 5.74) is 0. The van der Waals surface area contributed by atoms with Crippen molar-refractivity contribution in [2.24, 2.45) is 11.8 Å². The third kappa shape index (κ3) is 1.77. The smallest absolute Gasteiger partial charge is 0.0158 e. The molecule has 2 rings (SSSR count). The van der Waals surface area contributed by atoms with Gasteiger partial charge in [0.25, 0.3) is 0 Å². The molecule has 0 heterocycles. The molecule has 0 radical (unpaired) electrons. The molecule has 0 saturated heterocycles. The molecule has 76 valence electrons. The molecule has 0 aromatic carbocycles. The third-order valence-electron chi connectivity index (χ3n) is 4.40. The van der Waals surface area contributed by atoms with Crippen molar-refractivity contribution in [2.75, 3.05) is 0 Å². The fraction of sp³-hybridized carbons (Fsp3) is 1.00. The maximum Gasteiger partial charge on any atom is 0.0158 e. The van der Waals surface area contributed by atoms with E-state index >= 15 is 0 Å². The van der Waals surface area contributed by atoms with E-state index in [0.717, 1.165) is 11.8 Å². The van der Waals surface area contributed by atoms with E-state index in [9.17, 15) is 0 Å². The first-order valence-corrected chi connectivity index (χ1v) is 6.43. The first kappa shape index (κ1) is 9.89. The minimum absolute atomic E-state index is 0.406. The van der Waals surface area contributed by atoms with E-state index in [1.807, 2.05) is 0 Å². The van der Waals surface area contributed by atoms with Crippen LogP contribution in [0.15, 0.2) is 0 Å². The molecule has 2 fully saturated rings. The Hall–Kier alpha value is 0.350. The van der Waals surface area contributed by atoms with Gasteiger partial charge in [-0.3, -0.25) is 0 Å². The minimum Gasteiger partial charge on any atom is -0.172 e. The third-order valence-corrected chi connectivity index (χ3v) is 5.27. The second-order valence-electron chi connectivity index (χ2n) is 5.00. The van der Waals surface area contributed by atoms with Crippen molar-refractivity contribution >= 4 is 12.6 Å². The summed E-state index contributed by atoms with van der Waals surface area (Å²) in [6.07, 6.45) is 11.5. The van der Waals surface area contributed by atoms with Crippen LogP contribution in [0.2, 0.25) is 0 Å². The molecule has 13 heavy (non-hydrogen) atoms. The van der Waals surface area contributed by atoms with Gasteiger partial charge >= 0.3 is 0 Å². The van der Waals surface area contributed by atoms with Gasteiger partial charge in [-0.15, -0.1) is 0 Å². The Kier molecular flexibility index (Phi) is 2.92. The summed E-state index contributed by atoms with van der Waals surface area (Å²) >= 11 is 4.97. The molecule has 0 aromatic heterocycles. The Labute approximate surface area is 87.9 Å². The number of hydrogen-bond acceptors (Lipinski definition) is 1. The summed E-state index contributed by atoms with van der Waals surface area (Å²) in [5.74, 6) is 1.99. The largest absolute Gasteiger partial charge is 0.172 e. The Balaban J connectivity index is 2.03. The van der Waals surface area contributed by atoms with Crippen LogP contribution in [-0.2, 0) is 0 Å². The molecule has 0 aromatic rings. The fourth-order valence-electron chi connectivity index (χ4n) is 3.21. The molecule has 1 heteroatoms. The Bertz CT molecular complexity index is 174. The van der Waals surface area contributed by atoms with Crippen LogP contribution >= 0.6 is 12.6 Å². The van der Waals surface area contributed by atoms with Crippen LogP contribution in [0.3, 0.4) is 0 Å². The topological polar surface area (TPSA) is 0 Å². The normalized spacial score (nSPS) is 41.5. The quantitative estimate of drug-likeness (QED) is 0.636. The maximum atomic E-state index is 4.97. The van der Waals surface area contributed by atoms with Crippen LogP contribution in [0, 0.1) is 11.8 Å². The molecule has 2 saturated carbocycles. The van der Waals surface area contributed by atoms with Gasteiger partial charge in [0.1, 0.15) is 0 Å². The molecule has 0 spiro atoms. The van der Waals surface area contributed by atoms with Crippen molar-refractivity contribution in [1.29, 1.82) is 0 Å². The summed E-state index contributed by atoms with van der Waals surface area (Å²) in [7, 11) is 0. The number of thiol groups is 1. The zero-order valence-electron chi connectivity index (χ0n) is 8.76. The fourth-order valence-corrected chi connectivity index (χ4v) is 3.70. The van der Waals surface area contributed by atoms with E-state index in [1.54, 1.807) is 0 Å². The average Bonchev–Trinajstić information content (AvgIpc) is 2.06. The Morgan fingerprint density at radius 2 is 1.92 bits per heavy atom. The molecular weight excluding hydrogens is 176 g/mol. The van der Waals surface area contributed by atoms with Crippen LogP contribution in [-0.4, -0.2) is 4.75 Å². The minimum atomic E-state index is 0.406. The predicted molar refractivity (Wildman–Crippen MR) is 61.3 cm³/mol. The highest BCUT2D eigenvalue weighted by Crippen LogP contribution is 2.50. The monoisotopic (exact) mass is 198 g/mol. The zero-order chi connectivity index (χ0) is 9.31. The highest BCUT2D eigenvalue weighted by Gasteiger charge is 2.42. The van der Waals surface area contributed by atoms with E-state index in [4.69, 9.17) is 12.6 Å². The van der Waals surface area contributed by atoms with E-state index in [1.165, 1.54) is 51.4 Å². The van der Waals surface area contributed by atoms with Gasteiger partial charge in [-0.1, -0.05) is 39.0 Å². The van der Waals surface area contributed by atoms with Crippen LogP contribution in [0.5, 0.6) is 0 Å². The second kappa shape index (κ2) is 3.84. The summed E-state index contributed by atoms with van der Waals surface area (Å²) in [6, 6.07) is 0. The van der Waals surface area contributed by atoms with Crippen molar-refractivity contribution in [2.45, 2.75) is 63.0 Å². The highest BCUT2D eigenvalue weighted by atomic mass is 32.1. The van der Waals surface area contributed by atoms with Gasteiger partial charge < -0.3 is 0 Å². The Morgan fingerprint density at radius 3 is 2.46 bits per heavy atom. The molecule has 0 N–H and O–H groups in total. The Morgan fingerprint density at radius 1 is 1.15 bits per heavy atom. The van der Waals surface area contributed by atoms with Crippen molar-refractivity contribution in [3.05, 3.63) is 0 Å². The zero-order valence-corrected chi connectivity index (χ0v) is 9.65. The maximum absolute atomic E-state index is 4.97. The van der Waals surface area contributed by atoms with Gasteiger partial charge in [-0.2, -0.15) is 12.6 Å². The van der Waals surface area contributed by atoms with E-state index < -0.39 is 0 Å². The molecule has 2 atom stereocenters. The van der Waals surface area contributed by atoms with Crippen LogP contribution in [0.1, 0.15) is 58.3 Å². The van der Waals surface area contributed by atoms with Crippen LogP contribution < -0.4 is 0 Å². The lowest BCUT2D eigenvalue weighted by Gasteiger charge is -2.47. The lowest BCUT2D eigenvalue weighted by molar-refractivity contribution is 0.121. The highest BCUT2D eigenvalue weighted by molar-refractivity contribution is 7.81. The number of rotatable bonds is 2. The van der Waals surface area contributed by atoms with Crippen LogP contribution in [0.25, 0.3) is 0 Å². The van der Waals surface area contributed by atoms with Gasteiger partial charge in [0.05, 0.1) is 0 Å². The van der Waals surface area contributed by atoms with Gasteiger partial charge in [0.2, 0.25) is 0 Å². The van der Waals surface area contributed by atoms with E-state index in [-0.39, 0.29) is 0 Å². The summed E-state index contributed by atoms with van der Waals surface area (Å²) < 4.78 is 0.406. The van der Waals surface area contributed by atoms with Gasteiger partial charge in [-0.25, -0.2) is 0 Å². The molecule has 0 amide bonds. The molecule has 0 aliphatic heterocycles. The average molecular weight is 198 g/mol. The first-order valence-electron chi connectivity index (χ1n) is 5.98. The number of hydrogen-bond donors (Lipinski definition) is 1. The first-order chi connectivity index (χ1) is 6.26. The standard InChI is InChI=1S/C12H22S/c1-2-12(13)9-4-3-8-11(12)10-6-5-7-10/h10-11,13H,2-9H2,1H3. The second-order valence-corrected chi connectivity index (χ2v) is 5.89. The van der Waals surface area contributed by atoms with Crippen molar-refractivity contribution in [3.8, 4) is 0 Å². The van der Waals surface area contributed by atoms with Gasteiger partial charge in [-0.05, 0) is 31.1 Å². The van der Waals surface area contributed by atoms with E-state index in [0.29, 0.717) is 4.75 Å². The summed E-state index contributed by atoms with van der Waals surface area (Å²) in [4.78, 5) is 0. The van der Waals surface area contributed by atoms with Crippen molar-refractivity contribution in [1.82, 2.24) is 0 Å².